The molecule has 0 atom stereocenters. The van der Waals surface area contributed by atoms with Crippen molar-refractivity contribution in [3.8, 4) is 11.6 Å². The highest BCUT2D eigenvalue weighted by Crippen LogP contribution is 2.47. The number of nitrogens with one attached hydrogen (secondary N) is 4. The Morgan fingerprint density at radius 3 is 2.12 bits per heavy atom. The van der Waals surface area contributed by atoms with Gasteiger partial charge < -0.3 is 26.0 Å². The van der Waals surface area contributed by atoms with Gasteiger partial charge in [0.05, 0.1) is 0 Å². The molecule has 40 heavy (non-hydrogen) atoms. The summed E-state index contributed by atoms with van der Waals surface area (Å²) in [5.74, 6) is -0.416. The van der Waals surface area contributed by atoms with Gasteiger partial charge in [-0.05, 0) is 79.6 Å². The Balaban J connectivity index is 1.19. The Morgan fingerprint density at radius 1 is 0.850 bits per heavy atom. The third-order valence-corrected chi connectivity index (χ3v) is 6.29. The Labute approximate surface area is 229 Å². The van der Waals surface area contributed by atoms with E-state index in [1.807, 2.05) is 0 Å². The molecule has 4 aromatic rings. The zero-order chi connectivity index (χ0) is 28.1. The fraction of sp³-hybridized carbons (Fsp3) is 0.138. The largest absolute Gasteiger partial charge is 0.439 e. The molecule has 1 aromatic heterocycles. The number of hydrogen-bond donors (Lipinski definition) is 4. The number of carbonyl (C=O) groups excluding carboxylic acids is 3. The zero-order valence-corrected chi connectivity index (χ0v) is 21.4. The first-order valence-corrected chi connectivity index (χ1v) is 12.4. The van der Waals surface area contributed by atoms with Gasteiger partial charge >= 0.3 is 0 Å². The van der Waals surface area contributed by atoms with Gasteiger partial charge in [-0.15, -0.1) is 0 Å². The first kappa shape index (κ1) is 26.3. The van der Waals surface area contributed by atoms with Crippen LogP contribution in [0.3, 0.4) is 0 Å². The molecular formula is C29H25FN6O4. The fourth-order valence-corrected chi connectivity index (χ4v) is 3.91. The summed E-state index contributed by atoms with van der Waals surface area (Å²) in [5.41, 5.74) is 0.895. The third kappa shape index (κ3) is 6.04. The predicted octanol–water partition coefficient (Wildman–Crippen LogP) is 4.87. The lowest BCUT2D eigenvalue weighted by Crippen LogP contribution is -2.35. The molecule has 1 aliphatic carbocycles. The Morgan fingerprint density at radius 2 is 1.50 bits per heavy atom. The van der Waals surface area contributed by atoms with E-state index >= 15 is 0 Å². The average Bonchev–Trinajstić information content (AvgIpc) is 3.78. The van der Waals surface area contributed by atoms with E-state index in [1.54, 1.807) is 61.6 Å². The van der Waals surface area contributed by atoms with E-state index in [1.165, 1.54) is 30.5 Å². The number of hydrogen-bond acceptors (Lipinski definition) is 7. The maximum atomic E-state index is 13.1. The van der Waals surface area contributed by atoms with Crippen molar-refractivity contribution in [3.63, 3.8) is 0 Å². The topological polar surface area (TPSA) is 134 Å². The number of ether oxygens (including phenoxy) is 1. The highest BCUT2D eigenvalue weighted by atomic mass is 19.1. The van der Waals surface area contributed by atoms with Gasteiger partial charge in [-0.2, -0.15) is 4.98 Å². The summed E-state index contributed by atoms with van der Waals surface area (Å²) in [6, 6.07) is 20.5. The van der Waals surface area contributed by atoms with E-state index in [-0.39, 0.29) is 17.7 Å². The second-order valence-electron chi connectivity index (χ2n) is 9.13. The average molecular weight is 541 g/mol. The molecule has 0 radical (unpaired) electrons. The van der Waals surface area contributed by atoms with Crippen LogP contribution in [0.1, 0.15) is 23.2 Å². The number of carbonyl (C=O) groups is 3. The minimum absolute atomic E-state index is 0.207. The summed E-state index contributed by atoms with van der Waals surface area (Å²) in [6.07, 6.45) is 2.38. The van der Waals surface area contributed by atoms with Crippen molar-refractivity contribution >= 4 is 40.7 Å². The Kier molecular flexibility index (Phi) is 7.36. The van der Waals surface area contributed by atoms with Crippen molar-refractivity contribution in [1.82, 2.24) is 15.3 Å². The van der Waals surface area contributed by atoms with E-state index in [4.69, 9.17) is 4.74 Å². The molecule has 1 fully saturated rings. The molecular weight excluding hydrogens is 515 g/mol. The minimum Gasteiger partial charge on any atom is -0.439 e. The number of anilines is 4. The first-order valence-electron chi connectivity index (χ1n) is 12.4. The van der Waals surface area contributed by atoms with Gasteiger partial charge in [0.2, 0.25) is 23.6 Å². The van der Waals surface area contributed by atoms with Gasteiger partial charge in [-0.1, -0.05) is 6.07 Å². The van der Waals surface area contributed by atoms with E-state index in [2.05, 4.69) is 31.2 Å². The predicted molar refractivity (Wildman–Crippen MR) is 147 cm³/mol. The Bertz CT molecular complexity index is 1560. The van der Waals surface area contributed by atoms with Crippen molar-refractivity contribution < 1.29 is 23.5 Å². The van der Waals surface area contributed by atoms with Crippen LogP contribution in [0.5, 0.6) is 11.6 Å². The molecule has 0 unspecified atom stereocenters. The molecule has 3 aromatic carbocycles. The van der Waals surface area contributed by atoms with Crippen LogP contribution in [-0.4, -0.2) is 34.7 Å². The first-order chi connectivity index (χ1) is 19.3. The smallest absolute Gasteiger partial charge is 0.251 e. The minimum atomic E-state index is -1.16. The molecule has 0 aliphatic heterocycles. The van der Waals surface area contributed by atoms with Crippen molar-refractivity contribution in [2.75, 3.05) is 23.0 Å². The van der Waals surface area contributed by atoms with Crippen molar-refractivity contribution in [1.29, 1.82) is 0 Å². The van der Waals surface area contributed by atoms with E-state index in [9.17, 15) is 18.8 Å². The van der Waals surface area contributed by atoms with Crippen LogP contribution in [0, 0.1) is 11.2 Å². The second kappa shape index (κ2) is 11.2. The molecule has 1 saturated carbocycles. The van der Waals surface area contributed by atoms with E-state index < -0.39 is 23.0 Å². The molecule has 0 spiro atoms. The summed E-state index contributed by atoms with van der Waals surface area (Å²) in [4.78, 5) is 46.1. The van der Waals surface area contributed by atoms with Crippen LogP contribution < -0.4 is 26.0 Å². The monoisotopic (exact) mass is 540 g/mol. The van der Waals surface area contributed by atoms with Gasteiger partial charge in [0.1, 0.15) is 17.0 Å². The number of rotatable bonds is 9. The van der Waals surface area contributed by atoms with Crippen LogP contribution in [0.15, 0.2) is 85.1 Å². The molecule has 11 heteroatoms. The van der Waals surface area contributed by atoms with Crippen LogP contribution in [-0.2, 0) is 9.59 Å². The number of nitrogens with zero attached hydrogens (tertiary/aromatic N) is 2. The van der Waals surface area contributed by atoms with Crippen LogP contribution in [0.25, 0.3) is 0 Å². The van der Waals surface area contributed by atoms with Gasteiger partial charge in [-0.25, -0.2) is 9.37 Å². The lowest BCUT2D eigenvalue weighted by molar-refractivity contribution is -0.131. The summed E-state index contributed by atoms with van der Waals surface area (Å²) in [6.45, 7) is 0. The summed E-state index contributed by atoms with van der Waals surface area (Å²) < 4.78 is 19.0. The molecule has 3 amide bonds. The molecule has 0 saturated heterocycles. The van der Waals surface area contributed by atoms with Gasteiger partial charge in [0, 0.05) is 41.9 Å². The summed E-state index contributed by atoms with van der Waals surface area (Å²) >= 11 is 0. The zero-order valence-electron chi connectivity index (χ0n) is 21.4. The van der Waals surface area contributed by atoms with E-state index in [0.29, 0.717) is 41.2 Å². The number of benzene rings is 3. The lowest BCUT2D eigenvalue weighted by atomic mass is 10.0. The number of aromatic nitrogens is 2. The summed E-state index contributed by atoms with van der Waals surface area (Å²) in [7, 11) is 1.56. The van der Waals surface area contributed by atoms with Crippen molar-refractivity contribution in [2.45, 2.75) is 12.8 Å². The normalized spacial score (nSPS) is 13.1. The molecule has 0 bridgehead atoms. The molecule has 4 N–H and O–H groups in total. The Hall–Kier alpha value is -5.32. The number of halogens is 1. The molecule has 1 aliphatic rings. The highest BCUT2D eigenvalue weighted by Gasteiger charge is 2.56. The second-order valence-corrected chi connectivity index (χ2v) is 9.13. The molecule has 5 rings (SSSR count). The van der Waals surface area contributed by atoms with Crippen LogP contribution >= 0.6 is 0 Å². The third-order valence-electron chi connectivity index (χ3n) is 6.29. The molecule has 1 heterocycles. The quantitative estimate of drug-likeness (QED) is 0.223. The van der Waals surface area contributed by atoms with Crippen molar-refractivity contribution in [3.05, 3.63) is 96.4 Å². The fourth-order valence-electron chi connectivity index (χ4n) is 3.91. The van der Waals surface area contributed by atoms with E-state index in [0.717, 1.165) is 0 Å². The highest BCUT2D eigenvalue weighted by molar-refractivity contribution is 6.16. The SMILES string of the molecule is CNC(=O)c1cccc(Nc2nccc(Oc3ccc(NC(=O)C4(C(=O)Nc5ccc(F)cc5)CC4)cc3)n2)c1. The number of amides is 3. The van der Waals surface area contributed by atoms with Crippen LogP contribution in [0.2, 0.25) is 0 Å². The van der Waals surface area contributed by atoms with Gasteiger partial charge in [0.25, 0.3) is 5.91 Å². The molecule has 10 nitrogen and oxygen atoms in total. The van der Waals surface area contributed by atoms with Crippen LogP contribution in [0.4, 0.5) is 27.4 Å². The van der Waals surface area contributed by atoms with Crippen molar-refractivity contribution in [2.24, 2.45) is 5.41 Å². The van der Waals surface area contributed by atoms with Gasteiger partial charge in [-0.3, -0.25) is 14.4 Å². The summed E-state index contributed by atoms with van der Waals surface area (Å²) in [5, 5.41) is 11.1. The maximum absolute atomic E-state index is 13.1. The standard InChI is InChI=1S/C29H25FN6O4/c1-31-25(37)18-3-2-4-22(17-18)35-28-32-16-13-24(36-28)40-23-11-9-21(10-12-23)34-27(39)29(14-15-29)26(38)33-20-7-5-19(30)6-8-20/h2-13,16-17H,14-15H2,1H3,(H,31,37)(H,33,38)(H,34,39)(H,32,35,36). The molecule has 202 valence electrons. The van der Waals surface area contributed by atoms with Gasteiger partial charge in [0.15, 0.2) is 0 Å². The lowest BCUT2D eigenvalue weighted by Gasteiger charge is -2.16. The maximum Gasteiger partial charge on any atom is 0.251 e.